The molecule has 1 aromatic heterocycles. The highest BCUT2D eigenvalue weighted by Gasteiger charge is 2.14. The minimum atomic E-state index is 0.941. The SMILES string of the molecule is CCNc1snnc1CN1CCCCCC1. The minimum Gasteiger partial charge on any atom is -0.374 e. The predicted molar refractivity (Wildman–Crippen MR) is 67.8 cm³/mol. The summed E-state index contributed by atoms with van der Waals surface area (Å²) in [6.45, 7) is 6.43. The van der Waals surface area contributed by atoms with E-state index in [1.807, 2.05) is 0 Å². The van der Waals surface area contributed by atoms with Gasteiger partial charge in [0, 0.05) is 24.6 Å². The van der Waals surface area contributed by atoms with Crippen LogP contribution in [0.2, 0.25) is 0 Å². The van der Waals surface area contributed by atoms with E-state index < -0.39 is 0 Å². The van der Waals surface area contributed by atoms with Crippen LogP contribution in [-0.2, 0) is 6.54 Å². The van der Waals surface area contributed by atoms with Crippen LogP contribution in [0, 0.1) is 0 Å². The highest BCUT2D eigenvalue weighted by molar-refractivity contribution is 7.10. The normalized spacial score (nSPS) is 18.3. The van der Waals surface area contributed by atoms with Crippen molar-refractivity contribution in [3.05, 3.63) is 5.69 Å². The van der Waals surface area contributed by atoms with E-state index in [2.05, 4.69) is 26.7 Å². The third-order valence-corrected chi connectivity index (χ3v) is 3.69. The molecule has 1 saturated heterocycles. The van der Waals surface area contributed by atoms with Gasteiger partial charge in [-0.3, -0.25) is 4.90 Å². The first kappa shape index (κ1) is 11.8. The summed E-state index contributed by atoms with van der Waals surface area (Å²) < 4.78 is 4.03. The number of anilines is 1. The van der Waals surface area contributed by atoms with E-state index >= 15 is 0 Å². The molecule has 1 N–H and O–H groups in total. The van der Waals surface area contributed by atoms with Gasteiger partial charge in [-0.15, -0.1) is 5.10 Å². The fourth-order valence-electron chi connectivity index (χ4n) is 2.11. The molecule has 1 fully saturated rings. The summed E-state index contributed by atoms with van der Waals surface area (Å²) in [4.78, 5) is 2.50. The highest BCUT2D eigenvalue weighted by Crippen LogP contribution is 2.20. The lowest BCUT2D eigenvalue weighted by atomic mass is 10.2. The zero-order chi connectivity index (χ0) is 11.2. The molecule has 0 amide bonds. The Morgan fingerprint density at radius 3 is 2.69 bits per heavy atom. The van der Waals surface area contributed by atoms with Crippen molar-refractivity contribution in [2.75, 3.05) is 25.0 Å². The minimum absolute atomic E-state index is 0.941. The third kappa shape index (κ3) is 3.15. The summed E-state index contributed by atoms with van der Waals surface area (Å²) in [5.41, 5.74) is 1.12. The molecule has 90 valence electrons. The van der Waals surface area contributed by atoms with Crippen LogP contribution in [0.25, 0.3) is 0 Å². The molecule has 0 unspecified atom stereocenters. The van der Waals surface area contributed by atoms with E-state index in [4.69, 9.17) is 0 Å². The Labute approximate surface area is 101 Å². The zero-order valence-electron chi connectivity index (χ0n) is 9.91. The van der Waals surface area contributed by atoms with Crippen LogP contribution in [0.1, 0.15) is 38.3 Å². The van der Waals surface area contributed by atoms with Crippen molar-refractivity contribution in [1.29, 1.82) is 0 Å². The number of likely N-dealkylation sites (tertiary alicyclic amines) is 1. The van der Waals surface area contributed by atoms with E-state index in [0.29, 0.717) is 0 Å². The lowest BCUT2D eigenvalue weighted by molar-refractivity contribution is 0.274. The number of nitrogens with zero attached hydrogens (tertiary/aromatic N) is 3. The van der Waals surface area contributed by atoms with Crippen molar-refractivity contribution in [3.8, 4) is 0 Å². The fraction of sp³-hybridized carbons (Fsp3) is 0.818. The number of hydrogen-bond acceptors (Lipinski definition) is 5. The van der Waals surface area contributed by atoms with Crippen molar-refractivity contribution in [3.63, 3.8) is 0 Å². The summed E-state index contributed by atoms with van der Waals surface area (Å²) in [5, 5.41) is 8.70. The second-order valence-corrected chi connectivity index (χ2v) is 5.02. The van der Waals surface area contributed by atoms with Crippen LogP contribution in [0.3, 0.4) is 0 Å². The number of rotatable bonds is 4. The molecule has 2 heterocycles. The maximum Gasteiger partial charge on any atom is 0.134 e. The first-order valence-electron chi connectivity index (χ1n) is 6.17. The molecule has 0 radical (unpaired) electrons. The van der Waals surface area contributed by atoms with E-state index in [1.54, 1.807) is 0 Å². The van der Waals surface area contributed by atoms with Crippen LogP contribution in [-0.4, -0.2) is 34.1 Å². The van der Waals surface area contributed by atoms with Crippen molar-refractivity contribution in [2.45, 2.75) is 39.2 Å². The second kappa shape index (κ2) is 6.15. The Morgan fingerprint density at radius 1 is 1.25 bits per heavy atom. The molecule has 0 saturated carbocycles. The van der Waals surface area contributed by atoms with Gasteiger partial charge in [0.15, 0.2) is 0 Å². The van der Waals surface area contributed by atoms with Gasteiger partial charge in [0.05, 0.1) is 0 Å². The number of hydrogen-bond donors (Lipinski definition) is 1. The maximum atomic E-state index is 4.22. The number of nitrogens with one attached hydrogen (secondary N) is 1. The Kier molecular flexibility index (Phi) is 4.54. The quantitative estimate of drug-likeness (QED) is 0.877. The van der Waals surface area contributed by atoms with Gasteiger partial charge >= 0.3 is 0 Å². The van der Waals surface area contributed by atoms with Gasteiger partial charge < -0.3 is 5.32 Å². The standard InChI is InChI=1S/C11H20N4S/c1-2-12-11-10(13-14-16-11)9-15-7-5-3-4-6-8-15/h12H,2-9H2,1H3. The first-order valence-corrected chi connectivity index (χ1v) is 6.95. The molecule has 5 heteroatoms. The summed E-state index contributed by atoms with van der Waals surface area (Å²) in [6, 6.07) is 0. The van der Waals surface area contributed by atoms with Crippen molar-refractivity contribution < 1.29 is 0 Å². The smallest absolute Gasteiger partial charge is 0.134 e. The molecule has 1 aromatic rings. The lowest BCUT2D eigenvalue weighted by Gasteiger charge is -2.18. The third-order valence-electron chi connectivity index (χ3n) is 2.97. The number of aromatic nitrogens is 2. The molecule has 0 atom stereocenters. The van der Waals surface area contributed by atoms with Crippen LogP contribution < -0.4 is 5.32 Å². The van der Waals surface area contributed by atoms with E-state index in [1.165, 1.54) is 50.3 Å². The molecule has 4 nitrogen and oxygen atoms in total. The van der Waals surface area contributed by atoms with Crippen LogP contribution in [0.15, 0.2) is 0 Å². The molecular weight excluding hydrogens is 220 g/mol. The fourth-order valence-corrected chi connectivity index (χ4v) is 2.75. The van der Waals surface area contributed by atoms with Gasteiger partial charge in [0.2, 0.25) is 0 Å². The molecule has 0 spiro atoms. The largest absolute Gasteiger partial charge is 0.374 e. The molecule has 16 heavy (non-hydrogen) atoms. The maximum absolute atomic E-state index is 4.22. The Bertz CT molecular complexity index is 305. The van der Waals surface area contributed by atoms with E-state index in [0.717, 1.165) is 23.8 Å². The zero-order valence-corrected chi connectivity index (χ0v) is 10.7. The molecule has 0 aromatic carbocycles. The summed E-state index contributed by atoms with van der Waals surface area (Å²) in [7, 11) is 0. The van der Waals surface area contributed by atoms with E-state index in [9.17, 15) is 0 Å². The average molecular weight is 240 g/mol. The van der Waals surface area contributed by atoms with Crippen LogP contribution in [0.5, 0.6) is 0 Å². The lowest BCUT2D eigenvalue weighted by Crippen LogP contribution is -2.24. The van der Waals surface area contributed by atoms with Gasteiger partial charge in [-0.05, 0) is 32.9 Å². The first-order chi connectivity index (χ1) is 7.90. The topological polar surface area (TPSA) is 41.1 Å². The van der Waals surface area contributed by atoms with Gasteiger partial charge in [0.25, 0.3) is 0 Å². The molecule has 0 aliphatic carbocycles. The molecule has 1 aliphatic heterocycles. The predicted octanol–water partition coefficient (Wildman–Crippen LogP) is 2.35. The molecular formula is C11H20N4S. The second-order valence-electron chi connectivity index (χ2n) is 4.27. The summed E-state index contributed by atoms with van der Waals surface area (Å²) in [5.74, 6) is 0. The Hall–Kier alpha value is -0.680. The summed E-state index contributed by atoms with van der Waals surface area (Å²) >= 11 is 1.47. The molecule has 1 aliphatic rings. The molecule has 2 rings (SSSR count). The summed E-state index contributed by atoms with van der Waals surface area (Å²) in [6.07, 6.45) is 5.42. The van der Waals surface area contributed by atoms with Crippen LogP contribution >= 0.6 is 11.5 Å². The Morgan fingerprint density at radius 2 is 2.00 bits per heavy atom. The van der Waals surface area contributed by atoms with Crippen molar-refractivity contribution >= 4 is 16.5 Å². The average Bonchev–Trinajstić information content (AvgIpc) is 2.56. The van der Waals surface area contributed by atoms with Gasteiger partial charge in [0.1, 0.15) is 10.7 Å². The monoisotopic (exact) mass is 240 g/mol. The van der Waals surface area contributed by atoms with Crippen LogP contribution in [0.4, 0.5) is 5.00 Å². The van der Waals surface area contributed by atoms with Gasteiger partial charge in [-0.2, -0.15) is 0 Å². The van der Waals surface area contributed by atoms with Crippen molar-refractivity contribution in [1.82, 2.24) is 14.5 Å². The Balaban J connectivity index is 1.93. The van der Waals surface area contributed by atoms with Gasteiger partial charge in [-0.25, -0.2) is 0 Å². The van der Waals surface area contributed by atoms with Gasteiger partial charge in [-0.1, -0.05) is 17.3 Å². The highest BCUT2D eigenvalue weighted by atomic mass is 32.1. The molecule has 0 bridgehead atoms. The van der Waals surface area contributed by atoms with Crippen molar-refractivity contribution in [2.24, 2.45) is 0 Å². The van der Waals surface area contributed by atoms with E-state index in [-0.39, 0.29) is 0 Å².